The number of furan rings is 1. The van der Waals surface area contributed by atoms with E-state index in [1.54, 1.807) is 0 Å². The number of carbonyl (C=O) groups excluding carboxylic acids is 2. The monoisotopic (exact) mass is 375 g/mol. The molecule has 5 heteroatoms. The molecular weight excluding hydrogens is 354 g/mol. The van der Waals surface area contributed by atoms with E-state index in [9.17, 15) is 9.59 Å². The van der Waals surface area contributed by atoms with Crippen LogP contribution in [0.15, 0.2) is 52.9 Å². The molecule has 0 unspecified atom stereocenters. The van der Waals surface area contributed by atoms with Crippen molar-refractivity contribution in [3.8, 4) is 5.75 Å². The summed E-state index contributed by atoms with van der Waals surface area (Å²) in [5.74, 6) is 1.09. The minimum Gasteiger partial charge on any atom is -0.486 e. The number of ether oxygens (including phenoxy) is 1. The molecule has 0 saturated carbocycles. The first-order valence-electron chi connectivity index (χ1n) is 9.65. The van der Waals surface area contributed by atoms with E-state index in [4.69, 9.17) is 9.15 Å². The largest absolute Gasteiger partial charge is 0.486 e. The zero-order chi connectivity index (χ0) is 19.3. The van der Waals surface area contributed by atoms with Crippen LogP contribution in [0.25, 0.3) is 11.0 Å². The summed E-state index contributed by atoms with van der Waals surface area (Å²) in [4.78, 5) is 27.4. The number of para-hydroxylation sites is 2. The van der Waals surface area contributed by atoms with Crippen LogP contribution >= 0.6 is 0 Å². The third kappa shape index (κ3) is 2.61. The summed E-state index contributed by atoms with van der Waals surface area (Å²) in [7, 11) is 0. The average molecular weight is 375 g/mol. The molecular formula is C23H21NO4. The Morgan fingerprint density at radius 3 is 2.54 bits per heavy atom. The normalized spacial score (nSPS) is 18.2. The number of piperidine rings is 1. The number of aryl methyl sites for hydroxylation is 1. The van der Waals surface area contributed by atoms with Crippen LogP contribution in [0.5, 0.6) is 5.75 Å². The fraction of sp³-hybridized carbons (Fsp3) is 0.304. The van der Waals surface area contributed by atoms with Gasteiger partial charge in [0, 0.05) is 36.9 Å². The molecule has 0 aliphatic carbocycles. The van der Waals surface area contributed by atoms with Gasteiger partial charge in [-0.05, 0) is 25.1 Å². The smallest absolute Gasteiger partial charge is 0.289 e. The molecule has 1 fully saturated rings. The van der Waals surface area contributed by atoms with E-state index in [-0.39, 0.29) is 11.7 Å². The number of hydrogen-bond donors (Lipinski definition) is 0. The number of hydrogen-bond acceptors (Lipinski definition) is 4. The van der Waals surface area contributed by atoms with Gasteiger partial charge in [0.1, 0.15) is 16.9 Å². The van der Waals surface area contributed by atoms with Crippen molar-refractivity contribution in [2.75, 3.05) is 13.1 Å². The molecule has 142 valence electrons. The number of ketones is 1. The van der Waals surface area contributed by atoms with Crippen molar-refractivity contribution in [3.63, 3.8) is 0 Å². The number of amides is 1. The lowest BCUT2D eigenvalue weighted by Crippen LogP contribution is -2.52. The minimum atomic E-state index is -0.509. The van der Waals surface area contributed by atoms with Gasteiger partial charge in [-0.3, -0.25) is 9.59 Å². The van der Waals surface area contributed by atoms with Crippen LogP contribution in [-0.4, -0.2) is 35.3 Å². The fourth-order valence-electron chi connectivity index (χ4n) is 4.36. The lowest BCUT2D eigenvalue weighted by molar-refractivity contribution is -0.00639. The van der Waals surface area contributed by atoms with Gasteiger partial charge >= 0.3 is 0 Å². The lowest BCUT2D eigenvalue weighted by atomic mass is 9.82. The molecule has 2 aliphatic rings. The van der Waals surface area contributed by atoms with Crippen LogP contribution in [0.3, 0.4) is 0 Å². The summed E-state index contributed by atoms with van der Waals surface area (Å²) in [6.07, 6.45) is 1.64. The van der Waals surface area contributed by atoms with Gasteiger partial charge in [0.05, 0.1) is 12.0 Å². The number of nitrogens with zero attached hydrogens (tertiary/aromatic N) is 1. The highest BCUT2D eigenvalue weighted by Crippen LogP contribution is 2.39. The highest BCUT2D eigenvalue weighted by atomic mass is 16.5. The molecule has 1 amide bonds. The second kappa shape index (κ2) is 6.23. The quantitative estimate of drug-likeness (QED) is 0.633. The van der Waals surface area contributed by atoms with Crippen molar-refractivity contribution in [1.82, 2.24) is 4.90 Å². The zero-order valence-corrected chi connectivity index (χ0v) is 15.7. The molecule has 1 saturated heterocycles. The fourth-order valence-corrected chi connectivity index (χ4v) is 4.36. The van der Waals surface area contributed by atoms with Gasteiger partial charge in [-0.15, -0.1) is 0 Å². The molecule has 2 aromatic carbocycles. The third-order valence-corrected chi connectivity index (χ3v) is 6.00. The van der Waals surface area contributed by atoms with Crippen molar-refractivity contribution in [3.05, 3.63) is 65.4 Å². The lowest BCUT2D eigenvalue weighted by Gasteiger charge is -2.43. The van der Waals surface area contributed by atoms with Crippen LogP contribution in [0, 0.1) is 6.92 Å². The molecule has 3 heterocycles. The Kier molecular flexibility index (Phi) is 3.79. The third-order valence-electron chi connectivity index (χ3n) is 6.00. The molecule has 0 N–H and O–H groups in total. The Balaban J connectivity index is 1.35. The van der Waals surface area contributed by atoms with Crippen molar-refractivity contribution < 1.29 is 18.7 Å². The molecule has 0 atom stereocenters. The van der Waals surface area contributed by atoms with E-state index in [1.165, 1.54) is 0 Å². The van der Waals surface area contributed by atoms with Crippen molar-refractivity contribution in [2.24, 2.45) is 0 Å². The molecule has 28 heavy (non-hydrogen) atoms. The average Bonchev–Trinajstić information content (AvgIpc) is 3.05. The standard InChI is InChI=1S/C23H21NO4/c1-15-16-6-2-4-8-19(16)27-21(15)22(26)24-12-10-23(11-13-24)14-18(25)17-7-3-5-9-20(17)28-23/h2-9H,10-14H2,1H3. The van der Waals surface area contributed by atoms with Gasteiger partial charge in [0.2, 0.25) is 0 Å². The summed E-state index contributed by atoms with van der Waals surface area (Å²) in [6, 6.07) is 15.1. The van der Waals surface area contributed by atoms with E-state index in [0.717, 1.165) is 16.5 Å². The Hall–Kier alpha value is -3.08. The van der Waals surface area contributed by atoms with Crippen LogP contribution in [-0.2, 0) is 0 Å². The maximum atomic E-state index is 13.0. The van der Waals surface area contributed by atoms with E-state index < -0.39 is 5.60 Å². The summed E-state index contributed by atoms with van der Waals surface area (Å²) >= 11 is 0. The van der Waals surface area contributed by atoms with Gasteiger partial charge < -0.3 is 14.1 Å². The van der Waals surface area contributed by atoms with Gasteiger partial charge in [-0.2, -0.15) is 0 Å². The molecule has 1 spiro atoms. The van der Waals surface area contributed by atoms with Gasteiger partial charge in [0.25, 0.3) is 5.91 Å². The van der Waals surface area contributed by atoms with Crippen LogP contribution in [0.1, 0.15) is 45.7 Å². The Bertz CT molecular complexity index is 1090. The predicted octanol–water partition coefficient (Wildman–Crippen LogP) is 4.38. The number of likely N-dealkylation sites (tertiary alicyclic amines) is 1. The van der Waals surface area contributed by atoms with E-state index in [1.807, 2.05) is 60.4 Å². The van der Waals surface area contributed by atoms with Gasteiger partial charge in [-0.1, -0.05) is 30.3 Å². The number of carbonyl (C=O) groups is 2. The number of fused-ring (bicyclic) bond motifs is 2. The SMILES string of the molecule is Cc1c(C(=O)N2CCC3(CC2)CC(=O)c2ccccc2O3)oc2ccccc12. The minimum absolute atomic E-state index is 0.0916. The van der Waals surface area contributed by atoms with Crippen molar-refractivity contribution >= 4 is 22.7 Å². The molecule has 0 radical (unpaired) electrons. The topological polar surface area (TPSA) is 59.8 Å². The molecule has 5 nitrogen and oxygen atoms in total. The molecule has 3 aromatic rings. The van der Waals surface area contributed by atoms with Crippen LogP contribution < -0.4 is 4.74 Å². The molecule has 2 aliphatic heterocycles. The van der Waals surface area contributed by atoms with Crippen LogP contribution in [0.2, 0.25) is 0 Å². The summed E-state index contributed by atoms with van der Waals surface area (Å²) < 4.78 is 12.1. The van der Waals surface area contributed by atoms with Gasteiger partial charge in [-0.25, -0.2) is 0 Å². The highest BCUT2D eigenvalue weighted by Gasteiger charge is 2.44. The van der Waals surface area contributed by atoms with E-state index in [2.05, 4.69) is 0 Å². The van der Waals surface area contributed by atoms with E-state index in [0.29, 0.717) is 49.4 Å². The first-order valence-corrected chi connectivity index (χ1v) is 9.65. The second-order valence-corrected chi connectivity index (χ2v) is 7.73. The van der Waals surface area contributed by atoms with Crippen molar-refractivity contribution in [1.29, 1.82) is 0 Å². The van der Waals surface area contributed by atoms with E-state index >= 15 is 0 Å². The summed E-state index contributed by atoms with van der Waals surface area (Å²) in [5.41, 5.74) is 1.75. The molecule has 5 rings (SSSR count). The summed E-state index contributed by atoms with van der Waals surface area (Å²) in [6.45, 7) is 3.01. The Morgan fingerprint density at radius 1 is 1.04 bits per heavy atom. The number of benzene rings is 2. The highest BCUT2D eigenvalue weighted by molar-refractivity contribution is 6.01. The molecule has 0 bridgehead atoms. The van der Waals surface area contributed by atoms with Gasteiger partial charge in [0.15, 0.2) is 11.5 Å². The van der Waals surface area contributed by atoms with Crippen LogP contribution in [0.4, 0.5) is 0 Å². The zero-order valence-electron chi connectivity index (χ0n) is 15.7. The number of Topliss-reactive ketones (excluding diaryl/α,β-unsaturated/α-hetero) is 1. The van der Waals surface area contributed by atoms with Crippen molar-refractivity contribution in [2.45, 2.75) is 31.8 Å². The Labute approximate surface area is 162 Å². The number of rotatable bonds is 1. The maximum absolute atomic E-state index is 13.0. The predicted molar refractivity (Wildman–Crippen MR) is 105 cm³/mol. The summed E-state index contributed by atoms with van der Waals surface area (Å²) in [5, 5.41) is 0.970. The second-order valence-electron chi connectivity index (χ2n) is 7.73. The first-order chi connectivity index (χ1) is 13.6. The maximum Gasteiger partial charge on any atom is 0.289 e. The Morgan fingerprint density at radius 2 is 1.75 bits per heavy atom. The first kappa shape index (κ1) is 17.0. The molecule has 1 aromatic heterocycles.